The van der Waals surface area contributed by atoms with Crippen LogP contribution in [-0.2, 0) is 0 Å². The van der Waals surface area contributed by atoms with Crippen LogP contribution in [0.3, 0.4) is 0 Å². The molecule has 2 aromatic rings. The molecule has 1 aromatic heterocycles. The number of carbonyl (C=O) groups is 1. The third kappa shape index (κ3) is 2.40. The molecule has 1 aromatic carbocycles. The molecule has 1 nitrogen and oxygen atoms in total. The maximum atomic E-state index is 12.2. The van der Waals surface area contributed by atoms with Crippen LogP contribution in [0.2, 0.25) is 5.02 Å². The Balaban J connectivity index is 2.46. The Bertz CT molecular complexity index is 551. The van der Waals surface area contributed by atoms with Gasteiger partial charge in [-0.05, 0) is 61.5 Å². The van der Waals surface area contributed by atoms with E-state index < -0.39 is 0 Å². The molecule has 5 heteroatoms. The molecule has 0 atom stereocenters. The summed E-state index contributed by atoms with van der Waals surface area (Å²) in [5.74, 6) is -0.00887. The van der Waals surface area contributed by atoms with Crippen molar-refractivity contribution in [2.45, 2.75) is 0 Å². The van der Waals surface area contributed by atoms with Gasteiger partial charge < -0.3 is 0 Å². The highest BCUT2D eigenvalue weighted by molar-refractivity contribution is 9.11. The predicted octanol–water partition coefficient (Wildman–Crippen LogP) is 5.16. The van der Waals surface area contributed by atoms with E-state index >= 15 is 0 Å². The van der Waals surface area contributed by atoms with E-state index in [4.69, 9.17) is 11.6 Å². The highest BCUT2D eigenvalue weighted by atomic mass is 79.9. The highest BCUT2D eigenvalue weighted by Gasteiger charge is 2.16. The van der Waals surface area contributed by atoms with Crippen LogP contribution in [0.25, 0.3) is 0 Å². The molecule has 0 bridgehead atoms. The third-order valence-corrected chi connectivity index (χ3v) is 4.73. The Morgan fingerprint density at radius 3 is 2.50 bits per heavy atom. The SMILES string of the molecule is O=C(c1ccc(Cl)cc1Br)c1sccc1Br. The van der Waals surface area contributed by atoms with Crippen LogP contribution in [-0.4, -0.2) is 5.78 Å². The summed E-state index contributed by atoms with van der Waals surface area (Å²) in [6.45, 7) is 0. The van der Waals surface area contributed by atoms with E-state index in [1.807, 2.05) is 11.4 Å². The summed E-state index contributed by atoms with van der Waals surface area (Å²) in [6, 6.07) is 7.01. The monoisotopic (exact) mass is 378 g/mol. The van der Waals surface area contributed by atoms with Gasteiger partial charge in [-0.3, -0.25) is 4.79 Å². The number of halogens is 3. The minimum absolute atomic E-state index is 0.00887. The number of ketones is 1. The average Bonchev–Trinajstić information content (AvgIpc) is 2.63. The number of hydrogen-bond acceptors (Lipinski definition) is 2. The summed E-state index contributed by atoms with van der Waals surface area (Å²) in [7, 11) is 0. The van der Waals surface area contributed by atoms with E-state index in [9.17, 15) is 4.79 Å². The molecule has 1 heterocycles. The van der Waals surface area contributed by atoms with E-state index in [2.05, 4.69) is 31.9 Å². The Morgan fingerprint density at radius 1 is 1.19 bits per heavy atom. The lowest BCUT2D eigenvalue weighted by molar-refractivity contribution is 0.104. The molecule has 0 fully saturated rings. The van der Waals surface area contributed by atoms with Crippen molar-refractivity contribution < 1.29 is 4.79 Å². The molecule has 0 saturated carbocycles. The van der Waals surface area contributed by atoms with Crippen molar-refractivity contribution in [2.75, 3.05) is 0 Å². The molecule has 0 radical (unpaired) electrons. The van der Waals surface area contributed by atoms with E-state index in [0.717, 1.165) is 4.47 Å². The normalized spacial score (nSPS) is 10.4. The van der Waals surface area contributed by atoms with Gasteiger partial charge in [-0.2, -0.15) is 0 Å². The molecular weight excluding hydrogens is 375 g/mol. The van der Waals surface area contributed by atoms with Gasteiger partial charge in [0.05, 0.1) is 4.88 Å². The zero-order chi connectivity index (χ0) is 11.7. The number of hydrogen-bond donors (Lipinski definition) is 0. The highest BCUT2D eigenvalue weighted by Crippen LogP contribution is 2.29. The van der Waals surface area contributed by atoms with Gasteiger partial charge in [0.2, 0.25) is 5.78 Å². The molecule has 0 saturated heterocycles. The Kier molecular flexibility index (Phi) is 3.85. The van der Waals surface area contributed by atoms with Gasteiger partial charge in [0.1, 0.15) is 0 Å². The second-order valence-corrected chi connectivity index (χ2v) is 6.11. The molecule has 2 rings (SSSR count). The van der Waals surface area contributed by atoms with Gasteiger partial charge in [0.15, 0.2) is 0 Å². The van der Waals surface area contributed by atoms with Crippen LogP contribution in [0.1, 0.15) is 15.2 Å². The van der Waals surface area contributed by atoms with E-state index in [0.29, 0.717) is 19.9 Å². The lowest BCUT2D eigenvalue weighted by atomic mass is 10.1. The number of thiophene rings is 1. The van der Waals surface area contributed by atoms with Crippen LogP contribution in [0.4, 0.5) is 0 Å². The fourth-order valence-corrected chi connectivity index (χ4v) is 3.62. The van der Waals surface area contributed by atoms with Crippen LogP contribution in [0.15, 0.2) is 38.6 Å². The second kappa shape index (κ2) is 5.00. The number of rotatable bonds is 2. The van der Waals surface area contributed by atoms with Crippen molar-refractivity contribution in [2.24, 2.45) is 0 Å². The van der Waals surface area contributed by atoms with Crippen LogP contribution in [0.5, 0.6) is 0 Å². The first kappa shape index (κ1) is 12.3. The minimum atomic E-state index is -0.00887. The molecular formula is C11H5Br2ClOS. The molecule has 0 aliphatic heterocycles. The standard InChI is InChI=1S/C11H5Br2ClOS/c12-8-3-4-16-11(8)10(15)7-2-1-6(14)5-9(7)13/h1-5H. The van der Waals surface area contributed by atoms with Crippen molar-refractivity contribution in [3.8, 4) is 0 Å². The number of carbonyl (C=O) groups excluding carboxylic acids is 1. The Labute approximate surface area is 119 Å². The summed E-state index contributed by atoms with van der Waals surface area (Å²) < 4.78 is 1.54. The van der Waals surface area contributed by atoms with Gasteiger partial charge in [0.25, 0.3) is 0 Å². The van der Waals surface area contributed by atoms with Crippen LogP contribution in [0, 0.1) is 0 Å². The fraction of sp³-hybridized carbons (Fsp3) is 0. The summed E-state index contributed by atoms with van der Waals surface area (Å²) in [5, 5.41) is 2.48. The van der Waals surface area contributed by atoms with Gasteiger partial charge in [0, 0.05) is 19.5 Å². The molecule has 0 N–H and O–H groups in total. The van der Waals surface area contributed by atoms with Crippen molar-refractivity contribution in [1.82, 2.24) is 0 Å². The Morgan fingerprint density at radius 2 is 1.94 bits per heavy atom. The molecule has 0 aliphatic rings. The van der Waals surface area contributed by atoms with Crippen LogP contribution >= 0.6 is 54.8 Å². The summed E-state index contributed by atoms with van der Waals surface area (Å²) in [6.07, 6.45) is 0. The van der Waals surface area contributed by atoms with Crippen LogP contribution < -0.4 is 0 Å². The first-order valence-corrected chi connectivity index (χ1v) is 7.16. The zero-order valence-corrected chi connectivity index (χ0v) is 12.6. The van der Waals surface area contributed by atoms with E-state index in [-0.39, 0.29) is 5.78 Å². The quantitative estimate of drug-likeness (QED) is 0.658. The minimum Gasteiger partial charge on any atom is -0.288 e. The van der Waals surface area contributed by atoms with Crippen molar-refractivity contribution in [1.29, 1.82) is 0 Å². The van der Waals surface area contributed by atoms with Crippen molar-refractivity contribution in [3.05, 3.63) is 54.1 Å². The maximum Gasteiger partial charge on any atom is 0.205 e. The van der Waals surface area contributed by atoms with E-state index in [1.54, 1.807) is 18.2 Å². The molecule has 0 spiro atoms. The third-order valence-electron chi connectivity index (χ3n) is 2.00. The second-order valence-electron chi connectivity index (χ2n) is 3.05. The first-order valence-electron chi connectivity index (χ1n) is 4.32. The lowest BCUT2D eigenvalue weighted by Gasteiger charge is -2.02. The average molecular weight is 380 g/mol. The number of benzene rings is 1. The van der Waals surface area contributed by atoms with Crippen molar-refractivity contribution in [3.63, 3.8) is 0 Å². The van der Waals surface area contributed by atoms with Gasteiger partial charge in [-0.15, -0.1) is 11.3 Å². The topological polar surface area (TPSA) is 17.1 Å². The molecule has 0 amide bonds. The summed E-state index contributed by atoms with van der Waals surface area (Å²) >= 11 is 13.9. The molecule has 0 aliphatic carbocycles. The van der Waals surface area contributed by atoms with Gasteiger partial charge in [-0.25, -0.2) is 0 Å². The van der Waals surface area contributed by atoms with Gasteiger partial charge >= 0.3 is 0 Å². The lowest BCUT2D eigenvalue weighted by Crippen LogP contribution is -2.00. The predicted molar refractivity (Wildman–Crippen MR) is 74.6 cm³/mol. The largest absolute Gasteiger partial charge is 0.288 e. The summed E-state index contributed by atoms with van der Waals surface area (Å²) in [4.78, 5) is 12.9. The molecule has 16 heavy (non-hydrogen) atoms. The molecule has 0 unspecified atom stereocenters. The fourth-order valence-electron chi connectivity index (χ4n) is 1.25. The maximum absolute atomic E-state index is 12.2. The summed E-state index contributed by atoms with van der Waals surface area (Å²) in [5.41, 5.74) is 0.618. The molecule has 82 valence electrons. The van der Waals surface area contributed by atoms with E-state index in [1.165, 1.54) is 11.3 Å². The Hall–Kier alpha value is -0.160. The first-order chi connectivity index (χ1) is 7.59. The smallest absolute Gasteiger partial charge is 0.205 e. The zero-order valence-electron chi connectivity index (χ0n) is 7.84. The van der Waals surface area contributed by atoms with Gasteiger partial charge in [-0.1, -0.05) is 11.6 Å². The van der Waals surface area contributed by atoms with Crippen molar-refractivity contribution >= 4 is 60.6 Å².